The Morgan fingerprint density at radius 2 is 1.49 bits per heavy atom. The van der Waals surface area contributed by atoms with E-state index in [2.05, 4.69) is 57.4 Å². The molecular formula is C31H25IN2O3. The number of rotatable bonds is 8. The molecule has 0 atom stereocenters. The van der Waals surface area contributed by atoms with Gasteiger partial charge < -0.3 is 9.47 Å². The van der Waals surface area contributed by atoms with Gasteiger partial charge in [0, 0.05) is 0 Å². The standard InChI is InChI=1S/C31H25IN2O3/c1-36-29-17-21(19-33-34-30(35)18-24-12-6-10-22-8-2-4-14-26(22)24)16-28(32)31(29)37-20-25-13-7-11-23-9-3-5-15-27(23)25/h2-17,19H,18,20H2,1H3,(H,34,35)/b33-19-. The Bertz CT molecular complexity index is 1600. The number of hydrogen-bond donors (Lipinski definition) is 1. The van der Waals surface area contributed by atoms with E-state index in [9.17, 15) is 4.79 Å². The van der Waals surface area contributed by atoms with Crippen molar-refractivity contribution in [1.29, 1.82) is 0 Å². The van der Waals surface area contributed by atoms with Crippen LogP contribution in [0.25, 0.3) is 21.5 Å². The average molecular weight is 600 g/mol. The smallest absolute Gasteiger partial charge is 0.244 e. The molecule has 0 bridgehead atoms. The van der Waals surface area contributed by atoms with Gasteiger partial charge in [-0.05, 0) is 73.0 Å². The van der Waals surface area contributed by atoms with Gasteiger partial charge in [-0.3, -0.25) is 4.79 Å². The molecule has 0 radical (unpaired) electrons. The number of hydrazone groups is 1. The van der Waals surface area contributed by atoms with Crippen LogP contribution >= 0.6 is 22.6 Å². The number of methoxy groups -OCH3 is 1. The Labute approximate surface area is 229 Å². The summed E-state index contributed by atoms with van der Waals surface area (Å²) < 4.78 is 12.7. The van der Waals surface area contributed by atoms with Crippen molar-refractivity contribution in [3.05, 3.63) is 117 Å². The molecule has 0 aliphatic heterocycles. The Morgan fingerprint density at radius 1 is 0.865 bits per heavy atom. The summed E-state index contributed by atoms with van der Waals surface area (Å²) in [5, 5.41) is 8.70. The maximum absolute atomic E-state index is 12.5. The number of nitrogens with one attached hydrogen (secondary N) is 1. The lowest BCUT2D eigenvalue weighted by molar-refractivity contribution is -0.120. The molecule has 0 aliphatic carbocycles. The minimum Gasteiger partial charge on any atom is -0.493 e. The summed E-state index contributed by atoms with van der Waals surface area (Å²) in [6.07, 6.45) is 1.86. The van der Waals surface area contributed by atoms with Crippen LogP contribution in [-0.2, 0) is 17.8 Å². The van der Waals surface area contributed by atoms with Gasteiger partial charge in [-0.2, -0.15) is 5.10 Å². The summed E-state index contributed by atoms with van der Waals surface area (Å²) >= 11 is 2.23. The second-order valence-electron chi connectivity index (χ2n) is 8.57. The van der Waals surface area contributed by atoms with E-state index in [4.69, 9.17) is 9.47 Å². The molecule has 0 saturated heterocycles. The third kappa shape index (κ3) is 5.75. The van der Waals surface area contributed by atoms with Gasteiger partial charge in [-0.1, -0.05) is 84.9 Å². The number of hydrogen-bond acceptors (Lipinski definition) is 4. The van der Waals surface area contributed by atoms with Crippen molar-refractivity contribution in [2.45, 2.75) is 13.0 Å². The average Bonchev–Trinajstić information content (AvgIpc) is 2.92. The Balaban J connectivity index is 1.26. The summed E-state index contributed by atoms with van der Waals surface area (Å²) in [6, 6.07) is 32.3. The van der Waals surface area contributed by atoms with Gasteiger partial charge in [0.1, 0.15) is 6.61 Å². The third-order valence-electron chi connectivity index (χ3n) is 6.14. The summed E-state index contributed by atoms with van der Waals surface area (Å²) in [4.78, 5) is 12.5. The summed E-state index contributed by atoms with van der Waals surface area (Å²) in [5.74, 6) is 1.10. The molecule has 0 aromatic heterocycles. The molecular weight excluding hydrogens is 575 g/mol. The number of amides is 1. The van der Waals surface area contributed by atoms with Gasteiger partial charge in [0.05, 0.1) is 23.3 Å². The normalized spacial score (nSPS) is 11.2. The molecule has 5 rings (SSSR count). The van der Waals surface area contributed by atoms with Crippen molar-refractivity contribution < 1.29 is 14.3 Å². The van der Waals surface area contributed by atoms with Crippen LogP contribution in [0.5, 0.6) is 11.5 Å². The molecule has 1 N–H and O–H groups in total. The Morgan fingerprint density at radius 3 is 2.19 bits per heavy atom. The topological polar surface area (TPSA) is 59.9 Å². The highest BCUT2D eigenvalue weighted by Gasteiger charge is 2.13. The molecule has 0 saturated carbocycles. The van der Waals surface area contributed by atoms with E-state index in [1.807, 2.05) is 72.8 Å². The second kappa shape index (κ2) is 11.4. The van der Waals surface area contributed by atoms with Crippen LogP contribution in [-0.4, -0.2) is 19.2 Å². The fourth-order valence-electron chi connectivity index (χ4n) is 4.36. The predicted molar refractivity (Wildman–Crippen MR) is 157 cm³/mol. The van der Waals surface area contributed by atoms with Crippen LogP contribution in [0.3, 0.4) is 0 Å². The fraction of sp³-hybridized carbons (Fsp3) is 0.0968. The lowest BCUT2D eigenvalue weighted by atomic mass is 10.0. The first-order valence-corrected chi connectivity index (χ1v) is 13.0. The predicted octanol–water partition coefficient (Wildman–Crippen LogP) is 6.88. The SMILES string of the molecule is COc1cc(/C=N\NC(=O)Cc2cccc3ccccc23)cc(I)c1OCc1cccc2ccccc12. The summed E-state index contributed by atoms with van der Waals surface area (Å²) in [7, 11) is 1.61. The molecule has 184 valence electrons. The third-order valence-corrected chi connectivity index (χ3v) is 6.94. The zero-order valence-electron chi connectivity index (χ0n) is 20.3. The minimum atomic E-state index is -0.177. The Kier molecular flexibility index (Phi) is 7.65. The van der Waals surface area contributed by atoms with E-state index in [0.717, 1.165) is 31.0 Å². The van der Waals surface area contributed by atoms with E-state index in [1.165, 1.54) is 10.8 Å². The highest BCUT2D eigenvalue weighted by Crippen LogP contribution is 2.34. The highest BCUT2D eigenvalue weighted by molar-refractivity contribution is 14.1. The number of benzene rings is 5. The lowest BCUT2D eigenvalue weighted by Crippen LogP contribution is -2.19. The summed E-state index contributed by atoms with van der Waals surface area (Å²) in [5.41, 5.74) is 5.51. The van der Waals surface area contributed by atoms with Crippen molar-refractivity contribution in [2.75, 3.05) is 7.11 Å². The monoisotopic (exact) mass is 600 g/mol. The van der Waals surface area contributed by atoms with Crippen molar-refractivity contribution in [3.63, 3.8) is 0 Å². The van der Waals surface area contributed by atoms with E-state index in [-0.39, 0.29) is 12.3 Å². The molecule has 0 heterocycles. The quantitative estimate of drug-likeness (QED) is 0.120. The first kappa shape index (κ1) is 24.8. The number of ether oxygens (including phenoxy) is 2. The number of fused-ring (bicyclic) bond motifs is 2. The maximum atomic E-state index is 12.5. The van der Waals surface area contributed by atoms with Crippen LogP contribution in [0.4, 0.5) is 0 Å². The first-order chi connectivity index (χ1) is 18.1. The van der Waals surface area contributed by atoms with Crippen LogP contribution in [0, 0.1) is 3.57 Å². The first-order valence-electron chi connectivity index (χ1n) is 11.9. The molecule has 0 unspecified atom stereocenters. The second-order valence-corrected chi connectivity index (χ2v) is 9.73. The maximum Gasteiger partial charge on any atom is 0.244 e. The van der Waals surface area contributed by atoms with Crippen LogP contribution in [0.2, 0.25) is 0 Å². The van der Waals surface area contributed by atoms with E-state index >= 15 is 0 Å². The van der Waals surface area contributed by atoms with Crippen molar-refractivity contribution in [3.8, 4) is 11.5 Å². The molecule has 5 nitrogen and oxygen atoms in total. The Hall–Kier alpha value is -3.91. The van der Waals surface area contributed by atoms with Crippen LogP contribution in [0.1, 0.15) is 16.7 Å². The highest BCUT2D eigenvalue weighted by atomic mass is 127. The minimum absolute atomic E-state index is 0.177. The number of carbonyl (C=O) groups excluding carboxylic acids is 1. The molecule has 1 amide bonds. The zero-order valence-corrected chi connectivity index (χ0v) is 22.4. The molecule has 6 heteroatoms. The van der Waals surface area contributed by atoms with E-state index in [0.29, 0.717) is 18.1 Å². The molecule has 0 aliphatic rings. The molecule has 0 spiro atoms. The number of carbonyl (C=O) groups is 1. The lowest BCUT2D eigenvalue weighted by Gasteiger charge is -2.14. The van der Waals surface area contributed by atoms with Gasteiger partial charge in [0.15, 0.2) is 11.5 Å². The van der Waals surface area contributed by atoms with Crippen molar-refractivity contribution >= 4 is 56.3 Å². The number of halogens is 1. The van der Waals surface area contributed by atoms with Gasteiger partial charge in [-0.15, -0.1) is 0 Å². The van der Waals surface area contributed by atoms with Crippen molar-refractivity contribution in [2.24, 2.45) is 5.10 Å². The molecule has 5 aromatic carbocycles. The van der Waals surface area contributed by atoms with Crippen LogP contribution < -0.4 is 14.9 Å². The number of nitrogens with zero attached hydrogens (tertiary/aromatic N) is 1. The van der Waals surface area contributed by atoms with Gasteiger partial charge in [0.25, 0.3) is 0 Å². The largest absolute Gasteiger partial charge is 0.493 e. The van der Waals surface area contributed by atoms with Gasteiger partial charge >= 0.3 is 0 Å². The van der Waals surface area contributed by atoms with E-state index < -0.39 is 0 Å². The summed E-state index contributed by atoms with van der Waals surface area (Å²) in [6.45, 7) is 0.422. The zero-order chi connectivity index (χ0) is 25.6. The molecule has 37 heavy (non-hydrogen) atoms. The molecule has 5 aromatic rings. The van der Waals surface area contributed by atoms with Gasteiger partial charge in [-0.25, -0.2) is 5.43 Å². The fourth-order valence-corrected chi connectivity index (χ4v) is 5.14. The van der Waals surface area contributed by atoms with Crippen LogP contribution in [0.15, 0.2) is 102 Å². The van der Waals surface area contributed by atoms with Crippen molar-refractivity contribution in [1.82, 2.24) is 5.43 Å². The van der Waals surface area contributed by atoms with E-state index in [1.54, 1.807) is 13.3 Å². The van der Waals surface area contributed by atoms with Gasteiger partial charge in [0.2, 0.25) is 5.91 Å². The molecule has 0 fully saturated rings.